The Kier molecular flexibility index (Phi) is 5.59. The quantitative estimate of drug-likeness (QED) is 0.765. The Morgan fingerprint density at radius 3 is 2.56 bits per heavy atom. The van der Waals surface area contributed by atoms with Crippen molar-refractivity contribution in [2.24, 2.45) is 0 Å². The molecule has 0 radical (unpaired) electrons. The molecule has 1 aliphatic rings. The lowest BCUT2D eigenvalue weighted by atomic mass is 9.95. The molecule has 2 N–H and O–H groups in total. The van der Waals surface area contributed by atoms with Gasteiger partial charge in [-0.05, 0) is 40.2 Å². The Morgan fingerprint density at radius 1 is 1.33 bits per heavy atom. The molecule has 0 heterocycles. The van der Waals surface area contributed by atoms with Crippen LogP contribution in [0.4, 0.5) is 0 Å². The van der Waals surface area contributed by atoms with Crippen LogP contribution >= 0.6 is 0 Å². The molecule has 2 unspecified atom stereocenters. The molecule has 18 heavy (non-hydrogen) atoms. The van der Waals surface area contributed by atoms with E-state index in [-0.39, 0.29) is 23.1 Å². The summed E-state index contributed by atoms with van der Waals surface area (Å²) in [4.78, 5) is 11.6. The van der Waals surface area contributed by atoms with Gasteiger partial charge in [0.15, 0.2) is 9.84 Å². The summed E-state index contributed by atoms with van der Waals surface area (Å²) in [5.74, 6) is -0.775. The van der Waals surface area contributed by atoms with E-state index >= 15 is 0 Å². The normalized spacial score (nSPS) is 25.1. The largest absolute Gasteiger partial charge is 0.353 e. The van der Waals surface area contributed by atoms with Gasteiger partial charge < -0.3 is 10.6 Å². The second-order valence-corrected chi connectivity index (χ2v) is 7.58. The van der Waals surface area contributed by atoms with Crippen molar-refractivity contribution in [1.29, 1.82) is 0 Å². The van der Waals surface area contributed by atoms with Crippen LogP contribution in [-0.2, 0) is 14.6 Å². The fourth-order valence-electron chi connectivity index (χ4n) is 2.40. The Morgan fingerprint density at radius 2 is 2.00 bits per heavy atom. The maximum Gasteiger partial charge on any atom is 0.235 e. The monoisotopic (exact) mass is 276 g/mol. The first-order chi connectivity index (χ1) is 8.35. The van der Waals surface area contributed by atoms with Crippen LogP contribution in [0.5, 0.6) is 0 Å². The summed E-state index contributed by atoms with van der Waals surface area (Å²) >= 11 is 0. The van der Waals surface area contributed by atoms with Crippen LogP contribution in [0.3, 0.4) is 0 Å². The Labute approximate surface area is 110 Å². The average Bonchev–Trinajstić information content (AvgIpc) is 2.27. The van der Waals surface area contributed by atoms with Crippen LogP contribution in [0.25, 0.3) is 0 Å². The number of hydrogen-bond acceptors (Lipinski definition) is 4. The second kappa shape index (κ2) is 6.52. The molecule has 1 aliphatic carbocycles. The van der Waals surface area contributed by atoms with E-state index in [1.165, 1.54) is 0 Å². The third-order valence-electron chi connectivity index (χ3n) is 3.32. The van der Waals surface area contributed by atoms with Crippen molar-refractivity contribution in [3.8, 4) is 0 Å². The van der Waals surface area contributed by atoms with Crippen molar-refractivity contribution >= 4 is 15.7 Å². The Hall–Kier alpha value is -0.620. The molecular weight excluding hydrogens is 252 g/mol. The lowest BCUT2D eigenvalue weighted by Gasteiger charge is -2.28. The number of carbonyl (C=O) groups is 1. The highest BCUT2D eigenvalue weighted by atomic mass is 32.2. The summed E-state index contributed by atoms with van der Waals surface area (Å²) in [6.07, 6.45) is 3.21. The molecule has 1 rings (SSSR count). The highest BCUT2D eigenvalue weighted by Crippen LogP contribution is 2.24. The molecule has 0 aromatic heterocycles. The van der Waals surface area contributed by atoms with Crippen LogP contribution in [-0.4, -0.2) is 44.5 Å². The van der Waals surface area contributed by atoms with Gasteiger partial charge in [-0.3, -0.25) is 4.79 Å². The summed E-state index contributed by atoms with van der Waals surface area (Å²) < 4.78 is 24.3. The molecule has 0 saturated heterocycles. The maximum absolute atomic E-state index is 12.2. The van der Waals surface area contributed by atoms with E-state index in [1.54, 1.807) is 0 Å². The average molecular weight is 276 g/mol. The number of rotatable bonds is 5. The van der Waals surface area contributed by atoms with Gasteiger partial charge in [0.2, 0.25) is 5.91 Å². The van der Waals surface area contributed by atoms with Crippen LogP contribution in [0.15, 0.2) is 0 Å². The van der Waals surface area contributed by atoms with E-state index in [4.69, 9.17) is 0 Å². The van der Waals surface area contributed by atoms with E-state index in [0.717, 1.165) is 12.8 Å². The SMILES string of the molecule is CNC1CCCC(S(=O)(=O)CC(=O)NC(C)C)C1. The van der Waals surface area contributed by atoms with Gasteiger partial charge in [0.25, 0.3) is 0 Å². The van der Waals surface area contributed by atoms with Gasteiger partial charge in [-0.1, -0.05) is 6.42 Å². The standard InChI is InChI=1S/C12H24N2O3S/c1-9(2)14-12(15)8-18(16,17)11-6-4-5-10(7-11)13-3/h9-11,13H,4-8H2,1-3H3,(H,14,15). The Bertz CT molecular complexity index is 379. The zero-order valence-corrected chi connectivity index (χ0v) is 12.2. The van der Waals surface area contributed by atoms with Crippen LogP contribution in [0, 0.1) is 0 Å². The number of carbonyl (C=O) groups excluding carboxylic acids is 1. The molecule has 5 nitrogen and oxygen atoms in total. The zero-order chi connectivity index (χ0) is 13.8. The van der Waals surface area contributed by atoms with E-state index in [0.29, 0.717) is 12.8 Å². The molecule has 6 heteroatoms. The third-order valence-corrected chi connectivity index (χ3v) is 5.43. The first-order valence-electron chi connectivity index (χ1n) is 6.53. The smallest absolute Gasteiger partial charge is 0.235 e. The summed E-state index contributed by atoms with van der Waals surface area (Å²) in [5, 5.41) is 5.38. The highest BCUT2D eigenvalue weighted by Gasteiger charge is 2.32. The first kappa shape index (κ1) is 15.4. The molecule has 1 saturated carbocycles. The van der Waals surface area contributed by atoms with Crippen molar-refractivity contribution in [1.82, 2.24) is 10.6 Å². The third kappa shape index (κ3) is 4.57. The predicted octanol–water partition coefficient (Wildman–Crippen LogP) is 0.456. The van der Waals surface area contributed by atoms with E-state index in [2.05, 4.69) is 10.6 Å². The molecule has 0 aromatic rings. The minimum Gasteiger partial charge on any atom is -0.353 e. The van der Waals surface area contributed by atoms with Crippen LogP contribution in [0.1, 0.15) is 39.5 Å². The summed E-state index contributed by atoms with van der Waals surface area (Å²) in [5.41, 5.74) is 0. The summed E-state index contributed by atoms with van der Waals surface area (Å²) in [6, 6.07) is 0.232. The molecule has 0 spiro atoms. The molecule has 1 amide bonds. The van der Waals surface area contributed by atoms with E-state index in [9.17, 15) is 13.2 Å². The molecule has 0 bridgehead atoms. The molecule has 106 valence electrons. The lowest BCUT2D eigenvalue weighted by Crippen LogP contribution is -2.42. The van der Waals surface area contributed by atoms with Crippen molar-refractivity contribution in [2.45, 2.75) is 56.9 Å². The topological polar surface area (TPSA) is 75.3 Å². The molecule has 2 atom stereocenters. The molecule has 1 fully saturated rings. The Balaban J connectivity index is 2.60. The van der Waals surface area contributed by atoms with E-state index in [1.807, 2.05) is 20.9 Å². The van der Waals surface area contributed by atoms with Crippen LogP contribution < -0.4 is 10.6 Å². The van der Waals surface area contributed by atoms with E-state index < -0.39 is 15.7 Å². The van der Waals surface area contributed by atoms with Crippen LogP contribution in [0.2, 0.25) is 0 Å². The minimum atomic E-state index is -3.32. The van der Waals surface area contributed by atoms with Gasteiger partial charge in [-0.15, -0.1) is 0 Å². The van der Waals surface area contributed by atoms with Crippen molar-refractivity contribution in [3.05, 3.63) is 0 Å². The molecular formula is C12H24N2O3S. The number of nitrogens with one attached hydrogen (secondary N) is 2. The van der Waals surface area contributed by atoms with Crippen molar-refractivity contribution in [2.75, 3.05) is 12.8 Å². The summed E-state index contributed by atoms with van der Waals surface area (Å²) in [7, 11) is -1.47. The van der Waals surface area contributed by atoms with Crippen molar-refractivity contribution < 1.29 is 13.2 Å². The molecule has 0 aliphatic heterocycles. The lowest BCUT2D eigenvalue weighted by molar-refractivity contribution is -0.119. The maximum atomic E-state index is 12.2. The van der Waals surface area contributed by atoms with Gasteiger partial charge in [0.05, 0.1) is 5.25 Å². The van der Waals surface area contributed by atoms with Gasteiger partial charge in [-0.25, -0.2) is 8.42 Å². The van der Waals surface area contributed by atoms with Crippen molar-refractivity contribution in [3.63, 3.8) is 0 Å². The zero-order valence-electron chi connectivity index (χ0n) is 11.4. The number of amides is 1. The fraction of sp³-hybridized carbons (Fsp3) is 0.917. The highest BCUT2D eigenvalue weighted by molar-refractivity contribution is 7.92. The fourth-order valence-corrected chi connectivity index (χ4v) is 4.13. The predicted molar refractivity (Wildman–Crippen MR) is 72.2 cm³/mol. The molecule has 0 aromatic carbocycles. The number of hydrogen-bond donors (Lipinski definition) is 2. The number of sulfone groups is 1. The van der Waals surface area contributed by atoms with Gasteiger partial charge in [0, 0.05) is 12.1 Å². The minimum absolute atomic E-state index is 0.0240. The van der Waals surface area contributed by atoms with Gasteiger partial charge in [0.1, 0.15) is 5.75 Å². The first-order valence-corrected chi connectivity index (χ1v) is 8.25. The van der Waals surface area contributed by atoms with Gasteiger partial charge >= 0.3 is 0 Å². The summed E-state index contributed by atoms with van der Waals surface area (Å²) in [6.45, 7) is 3.64. The van der Waals surface area contributed by atoms with Gasteiger partial charge in [-0.2, -0.15) is 0 Å². The second-order valence-electron chi connectivity index (χ2n) is 5.30.